The topological polar surface area (TPSA) is 83.9 Å². The van der Waals surface area contributed by atoms with Crippen LogP contribution in [0.15, 0.2) is 58.4 Å². The summed E-state index contributed by atoms with van der Waals surface area (Å²) < 4.78 is 10.4. The lowest BCUT2D eigenvalue weighted by molar-refractivity contribution is 0.289. The molecule has 0 aliphatic rings. The van der Waals surface area contributed by atoms with Crippen LogP contribution in [0, 0.1) is 5.41 Å². The molecule has 3 aromatic heterocycles. The van der Waals surface area contributed by atoms with Crippen molar-refractivity contribution in [3.63, 3.8) is 0 Å². The van der Waals surface area contributed by atoms with E-state index in [1.165, 1.54) is 7.05 Å². The maximum Gasteiger partial charge on any atom is 0.332 e. The Morgan fingerprint density at radius 1 is 0.971 bits per heavy atom. The highest BCUT2D eigenvalue weighted by Gasteiger charge is 2.24. The van der Waals surface area contributed by atoms with Gasteiger partial charge in [0.15, 0.2) is 5.65 Å². The van der Waals surface area contributed by atoms with E-state index in [1.54, 1.807) is 21.6 Å². The highest BCUT2D eigenvalue weighted by molar-refractivity contribution is 5.80. The molecule has 8 nitrogen and oxygen atoms in total. The first kappa shape index (κ1) is 23.5. The zero-order chi connectivity index (χ0) is 24.5. The second-order valence-electron chi connectivity index (χ2n) is 9.74. The molecule has 0 radical (unpaired) electrons. The van der Waals surface area contributed by atoms with Crippen LogP contribution in [0.5, 0.6) is 5.88 Å². The standard InChI is InChI=1S/C26H31N5O3/c1-6-15-34-24-21-22(30(17-26(2,3)4)25(33)29(5)23(21)32)28-31(24)16-18-7-9-19(10-8-18)20-11-13-27-14-12-20/h7-14H,6,15-17H2,1-5H3. The molecule has 0 spiro atoms. The summed E-state index contributed by atoms with van der Waals surface area (Å²) in [6.45, 7) is 9.45. The molecule has 0 N–H and O–H groups in total. The van der Waals surface area contributed by atoms with E-state index >= 15 is 0 Å². The molecular weight excluding hydrogens is 430 g/mol. The van der Waals surface area contributed by atoms with Gasteiger partial charge in [0, 0.05) is 26.0 Å². The lowest BCUT2D eigenvalue weighted by Gasteiger charge is -2.20. The Kier molecular flexibility index (Phi) is 6.41. The van der Waals surface area contributed by atoms with Crippen LogP contribution in [-0.4, -0.2) is 30.5 Å². The average Bonchev–Trinajstić information content (AvgIpc) is 3.17. The minimum Gasteiger partial charge on any atom is -0.477 e. The minimum absolute atomic E-state index is 0.175. The molecule has 0 amide bonds. The molecule has 0 aliphatic heterocycles. The first-order valence-corrected chi connectivity index (χ1v) is 11.5. The number of nitrogens with zero attached hydrogens (tertiary/aromatic N) is 5. The molecule has 0 aliphatic carbocycles. The van der Waals surface area contributed by atoms with Gasteiger partial charge in [0.1, 0.15) is 5.39 Å². The van der Waals surface area contributed by atoms with E-state index in [-0.39, 0.29) is 11.1 Å². The molecule has 0 saturated heterocycles. The number of aromatic nitrogens is 5. The quantitative estimate of drug-likeness (QED) is 0.418. The van der Waals surface area contributed by atoms with Crippen molar-refractivity contribution in [2.75, 3.05) is 6.61 Å². The third kappa shape index (κ3) is 4.66. The monoisotopic (exact) mass is 461 g/mol. The van der Waals surface area contributed by atoms with Crippen LogP contribution in [0.3, 0.4) is 0 Å². The zero-order valence-corrected chi connectivity index (χ0v) is 20.4. The zero-order valence-electron chi connectivity index (χ0n) is 20.4. The summed E-state index contributed by atoms with van der Waals surface area (Å²) in [7, 11) is 1.50. The second kappa shape index (κ2) is 9.29. The summed E-state index contributed by atoms with van der Waals surface area (Å²) >= 11 is 0. The summed E-state index contributed by atoms with van der Waals surface area (Å²) in [4.78, 5) is 30.2. The first-order valence-electron chi connectivity index (χ1n) is 11.5. The predicted molar refractivity (Wildman–Crippen MR) is 133 cm³/mol. The van der Waals surface area contributed by atoms with Gasteiger partial charge < -0.3 is 4.74 Å². The molecule has 0 atom stereocenters. The number of benzene rings is 1. The number of hydrogen-bond acceptors (Lipinski definition) is 5. The van der Waals surface area contributed by atoms with Crippen molar-refractivity contribution in [1.82, 2.24) is 23.9 Å². The average molecular weight is 462 g/mol. The lowest BCUT2D eigenvalue weighted by atomic mass is 9.97. The van der Waals surface area contributed by atoms with Gasteiger partial charge in [-0.05, 0) is 40.7 Å². The first-order chi connectivity index (χ1) is 16.2. The van der Waals surface area contributed by atoms with E-state index in [1.807, 2.05) is 52.0 Å². The normalized spacial score (nSPS) is 11.8. The van der Waals surface area contributed by atoms with Crippen LogP contribution in [0.25, 0.3) is 22.2 Å². The van der Waals surface area contributed by atoms with E-state index < -0.39 is 5.56 Å². The van der Waals surface area contributed by atoms with Crippen molar-refractivity contribution in [2.45, 2.75) is 47.2 Å². The van der Waals surface area contributed by atoms with Gasteiger partial charge in [-0.1, -0.05) is 52.0 Å². The number of rotatable bonds is 7. The van der Waals surface area contributed by atoms with Crippen LogP contribution in [0.2, 0.25) is 0 Å². The summed E-state index contributed by atoms with van der Waals surface area (Å²) in [6.07, 6.45) is 4.33. The summed E-state index contributed by atoms with van der Waals surface area (Å²) in [5, 5.41) is 5.06. The summed E-state index contributed by atoms with van der Waals surface area (Å²) in [6, 6.07) is 12.1. The van der Waals surface area contributed by atoms with Crippen molar-refractivity contribution in [1.29, 1.82) is 0 Å². The second-order valence-corrected chi connectivity index (χ2v) is 9.74. The fraction of sp³-hybridized carbons (Fsp3) is 0.385. The van der Waals surface area contributed by atoms with Crippen LogP contribution < -0.4 is 16.0 Å². The van der Waals surface area contributed by atoms with Gasteiger partial charge in [-0.25, -0.2) is 9.48 Å². The highest BCUT2D eigenvalue weighted by atomic mass is 16.5. The molecule has 0 fully saturated rings. The van der Waals surface area contributed by atoms with Crippen LogP contribution in [-0.2, 0) is 20.1 Å². The van der Waals surface area contributed by atoms with Crippen molar-refractivity contribution in [3.05, 3.63) is 75.2 Å². The molecule has 3 heterocycles. The van der Waals surface area contributed by atoms with Crippen molar-refractivity contribution < 1.29 is 4.74 Å². The van der Waals surface area contributed by atoms with Crippen LogP contribution in [0.4, 0.5) is 0 Å². The molecule has 178 valence electrons. The molecule has 0 saturated carbocycles. The maximum atomic E-state index is 13.1. The molecule has 1 aromatic carbocycles. The van der Waals surface area contributed by atoms with E-state index in [0.29, 0.717) is 36.6 Å². The number of ether oxygens (including phenoxy) is 1. The Labute approximate surface area is 198 Å². The van der Waals surface area contributed by atoms with Crippen molar-refractivity contribution in [2.24, 2.45) is 12.5 Å². The molecular formula is C26H31N5O3. The molecule has 8 heteroatoms. The Morgan fingerprint density at radius 3 is 2.24 bits per heavy atom. The van der Waals surface area contributed by atoms with E-state index in [9.17, 15) is 9.59 Å². The van der Waals surface area contributed by atoms with Crippen LogP contribution in [0.1, 0.15) is 39.7 Å². The van der Waals surface area contributed by atoms with E-state index in [4.69, 9.17) is 9.84 Å². The molecule has 4 rings (SSSR count). The number of fused-ring (bicyclic) bond motifs is 1. The fourth-order valence-electron chi connectivity index (χ4n) is 3.93. The third-order valence-electron chi connectivity index (χ3n) is 5.55. The van der Waals surface area contributed by atoms with Gasteiger partial charge in [-0.3, -0.25) is 18.9 Å². The Morgan fingerprint density at radius 2 is 1.62 bits per heavy atom. The molecule has 4 aromatic rings. The fourth-order valence-corrected chi connectivity index (χ4v) is 3.93. The SMILES string of the molecule is CCCOc1c2c(=O)n(C)c(=O)n(CC(C)(C)C)c2nn1Cc1ccc(-c2ccncc2)cc1. The van der Waals surface area contributed by atoms with Crippen molar-refractivity contribution >= 4 is 11.0 Å². The Bertz CT molecular complexity index is 1410. The van der Waals surface area contributed by atoms with Gasteiger partial charge in [-0.15, -0.1) is 0 Å². The van der Waals surface area contributed by atoms with E-state index in [2.05, 4.69) is 17.1 Å². The van der Waals surface area contributed by atoms with Gasteiger partial charge in [0.2, 0.25) is 5.88 Å². The van der Waals surface area contributed by atoms with Gasteiger partial charge in [0.05, 0.1) is 13.2 Å². The van der Waals surface area contributed by atoms with E-state index in [0.717, 1.165) is 27.7 Å². The molecule has 34 heavy (non-hydrogen) atoms. The molecule has 0 bridgehead atoms. The van der Waals surface area contributed by atoms with Gasteiger partial charge in [-0.2, -0.15) is 5.10 Å². The number of pyridine rings is 1. The summed E-state index contributed by atoms with van der Waals surface area (Å²) in [5.41, 5.74) is 2.61. The third-order valence-corrected chi connectivity index (χ3v) is 5.55. The van der Waals surface area contributed by atoms with Crippen molar-refractivity contribution in [3.8, 4) is 17.0 Å². The Balaban J connectivity index is 1.82. The predicted octanol–water partition coefficient (Wildman–Crippen LogP) is 3.84. The van der Waals surface area contributed by atoms with Gasteiger partial charge in [0.25, 0.3) is 5.56 Å². The van der Waals surface area contributed by atoms with Gasteiger partial charge >= 0.3 is 5.69 Å². The molecule has 0 unspecified atom stereocenters. The summed E-state index contributed by atoms with van der Waals surface area (Å²) in [5.74, 6) is 0.401. The largest absolute Gasteiger partial charge is 0.477 e. The highest BCUT2D eigenvalue weighted by Crippen LogP contribution is 2.26. The Hall–Kier alpha value is -3.68. The number of hydrogen-bond donors (Lipinski definition) is 0. The maximum absolute atomic E-state index is 13.1. The lowest BCUT2D eigenvalue weighted by Crippen LogP contribution is -2.40. The van der Waals surface area contributed by atoms with Crippen LogP contribution >= 0.6 is 0 Å². The minimum atomic E-state index is -0.393. The smallest absolute Gasteiger partial charge is 0.332 e.